The van der Waals surface area contributed by atoms with E-state index in [0.717, 1.165) is 19.5 Å². The number of ether oxygens (including phenoxy) is 2. The average Bonchev–Trinajstić information content (AvgIpc) is 2.83. The Hall–Kier alpha value is -1.79. The van der Waals surface area contributed by atoms with E-state index < -0.39 is 12.1 Å². The number of hydrogen-bond donors (Lipinski definition) is 2. The largest absolute Gasteiger partial charge is 0.492 e. The van der Waals surface area contributed by atoms with Crippen LogP contribution in [0.4, 0.5) is 0 Å². The van der Waals surface area contributed by atoms with E-state index in [0.29, 0.717) is 5.75 Å². The van der Waals surface area contributed by atoms with Crippen molar-refractivity contribution in [1.82, 2.24) is 4.90 Å². The molecule has 2 unspecified atom stereocenters. The predicted octanol–water partition coefficient (Wildman–Crippen LogP) is 0.896. The number of aliphatic hydroxyl groups is 1. The van der Waals surface area contributed by atoms with Crippen LogP contribution in [0.5, 0.6) is 11.5 Å². The standard InChI is InChI=1S/C14H19NO5/c1-15-7-6-9(8-15)20-11-5-3-4-10(13(11)19-2)12(16)14(17)18/h3-5,9,12,16H,6-8H2,1-2H3,(H,17,18). The lowest BCUT2D eigenvalue weighted by atomic mass is 10.1. The Balaban J connectivity index is 2.24. The predicted molar refractivity (Wildman–Crippen MR) is 72.1 cm³/mol. The Kier molecular flexibility index (Phi) is 4.46. The first-order chi connectivity index (χ1) is 9.52. The maximum atomic E-state index is 10.9. The third kappa shape index (κ3) is 3.02. The highest BCUT2D eigenvalue weighted by atomic mass is 16.5. The number of carbonyl (C=O) groups is 1. The van der Waals surface area contributed by atoms with Crippen LogP contribution in [0, 0.1) is 0 Å². The lowest BCUT2D eigenvalue weighted by molar-refractivity contribution is -0.147. The lowest BCUT2D eigenvalue weighted by Gasteiger charge is -2.19. The van der Waals surface area contributed by atoms with E-state index >= 15 is 0 Å². The maximum absolute atomic E-state index is 10.9. The summed E-state index contributed by atoms with van der Waals surface area (Å²) in [7, 11) is 3.45. The second kappa shape index (κ2) is 6.11. The molecule has 0 spiro atoms. The molecule has 2 atom stereocenters. The van der Waals surface area contributed by atoms with Crippen LogP contribution < -0.4 is 9.47 Å². The Labute approximate surface area is 117 Å². The first-order valence-electron chi connectivity index (χ1n) is 6.46. The molecule has 0 aromatic heterocycles. The molecule has 2 rings (SSSR count). The number of likely N-dealkylation sites (tertiary alicyclic amines) is 1. The van der Waals surface area contributed by atoms with Gasteiger partial charge in [0.15, 0.2) is 17.6 Å². The van der Waals surface area contributed by atoms with Crippen molar-refractivity contribution >= 4 is 5.97 Å². The second-order valence-corrected chi connectivity index (χ2v) is 4.91. The van der Waals surface area contributed by atoms with Crippen LogP contribution in [-0.4, -0.2) is 54.4 Å². The highest BCUT2D eigenvalue weighted by Gasteiger charge is 2.26. The summed E-state index contributed by atoms with van der Waals surface area (Å²) in [5.41, 5.74) is 0.198. The number of para-hydroxylation sites is 1. The number of likely N-dealkylation sites (N-methyl/N-ethyl adjacent to an activating group) is 1. The van der Waals surface area contributed by atoms with Crippen LogP contribution in [-0.2, 0) is 4.79 Å². The van der Waals surface area contributed by atoms with Crippen molar-refractivity contribution in [3.05, 3.63) is 23.8 Å². The molecular formula is C14H19NO5. The van der Waals surface area contributed by atoms with Crippen molar-refractivity contribution in [2.45, 2.75) is 18.6 Å². The number of nitrogens with zero attached hydrogens (tertiary/aromatic N) is 1. The molecule has 0 amide bonds. The van der Waals surface area contributed by atoms with Gasteiger partial charge in [-0.1, -0.05) is 12.1 Å². The van der Waals surface area contributed by atoms with Gasteiger partial charge in [0.2, 0.25) is 0 Å². The van der Waals surface area contributed by atoms with Crippen molar-refractivity contribution < 1.29 is 24.5 Å². The summed E-state index contributed by atoms with van der Waals surface area (Å²) in [4.78, 5) is 13.1. The fourth-order valence-corrected chi connectivity index (χ4v) is 2.36. The van der Waals surface area contributed by atoms with Crippen molar-refractivity contribution in [3.8, 4) is 11.5 Å². The Morgan fingerprint density at radius 3 is 2.80 bits per heavy atom. The molecule has 6 nitrogen and oxygen atoms in total. The van der Waals surface area contributed by atoms with E-state index in [9.17, 15) is 9.90 Å². The number of hydrogen-bond acceptors (Lipinski definition) is 5. The summed E-state index contributed by atoms with van der Waals surface area (Å²) in [5.74, 6) is -0.580. The van der Waals surface area contributed by atoms with Crippen LogP contribution in [0.2, 0.25) is 0 Å². The van der Waals surface area contributed by atoms with Crippen molar-refractivity contribution in [3.63, 3.8) is 0 Å². The van der Waals surface area contributed by atoms with Crippen molar-refractivity contribution in [2.75, 3.05) is 27.2 Å². The zero-order chi connectivity index (χ0) is 14.7. The van der Waals surface area contributed by atoms with Gasteiger partial charge in [-0.25, -0.2) is 4.79 Å². The van der Waals surface area contributed by atoms with Crippen LogP contribution in [0.25, 0.3) is 0 Å². The lowest BCUT2D eigenvalue weighted by Crippen LogP contribution is -2.22. The third-order valence-corrected chi connectivity index (χ3v) is 3.38. The van der Waals surface area contributed by atoms with Gasteiger partial charge >= 0.3 is 5.97 Å². The minimum atomic E-state index is -1.63. The molecule has 1 heterocycles. The van der Waals surface area contributed by atoms with E-state index in [2.05, 4.69) is 4.90 Å². The molecular weight excluding hydrogens is 262 g/mol. The summed E-state index contributed by atoms with van der Waals surface area (Å²) in [6.07, 6.45) is -0.670. The smallest absolute Gasteiger partial charge is 0.337 e. The average molecular weight is 281 g/mol. The highest BCUT2D eigenvalue weighted by molar-refractivity contribution is 5.75. The fourth-order valence-electron chi connectivity index (χ4n) is 2.36. The fraction of sp³-hybridized carbons (Fsp3) is 0.500. The van der Waals surface area contributed by atoms with E-state index in [1.54, 1.807) is 12.1 Å². The molecule has 110 valence electrons. The zero-order valence-corrected chi connectivity index (χ0v) is 11.6. The van der Waals surface area contributed by atoms with Crippen LogP contribution in [0.15, 0.2) is 18.2 Å². The Morgan fingerprint density at radius 1 is 1.50 bits per heavy atom. The minimum absolute atomic E-state index is 0.0473. The van der Waals surface area contributed by atoms with Gasteiger partial charge in [-0.05, 0) is 19.5 Å². The molecule has 20 heavy (non-hydrogen) atoms. The summed E-state index contributed by atoms with van der Waals surface area (Å²) < 4.78 is 11.1. The van der Waals surface area contributed by atoms with E-state index in [4.69, 9.17) is 14.6 Å². The number of carboxylic acids is 1. The molecule has 6 heteroatoms. The normalized spacial score (nSPS) is 20.6. The van der Waals surface area contributed by atoms with Crippen molar-refractivity contribution in [1.29, 1.82) is 0 Å². The van der Waals surface area contributed by atoms with Gasteiger partial charge in [0.1, 0.15) is 6.10 Å². The Bertz CT molecular complexity index is 490. The monoisotopic (exact) mass is 281 g/mol. The Morgan fingerprint density at radius 2 is 2.25 bits per heavy atom. The number of carboxylic acid groups (broad SMARTS) is 1. The molecule has 0 radical (unpaired) electrons. The van der Waals surface area contributed by atoms with Gasteiger partial charge in [-0.3, -0.25) is 0 Å². The molecule has 0 aliphatic carbocycles. The quantitative estimate of drug-likeness (QED) is 0.834. The van der Waals surface area contributed by atoms with Gasteiger partial charge in [0, 0.05) is 18.7 Å². The first-order valence-corrected chi connectivity index (χ1v) is 6.46. The molecule has 0 bridgehead atoms. The van der Waals surface area contributed by atoms with Gasteiger partial charge in [0.05, 0.1) is 7.11 Å². The van der Waals surface area contributed by atoms with Crippen LogP contribution in [0.3, 0.4) is 0 Å². The molecule has 1 aliphatic rings. The molecule has 1 aromatic rings. The van der Waals surface area contributed by atoms with E-state index in [1.165, 1.54) is 13.2 Å². The molecule has 0 saturated carbocycles. The summed E-state index contributed by atoms with van der Waals surface area (Å²) in [5, 5.41) is 18.6. The third-order valence-electron chi connectivity index (χ3n) is 3.38. The van der Waals surface area contributed by atoms with E-state index in [-0.39, 0.29) is 17.4 Å². The topological polar surface area (TPSA) is 79.2 Å². The van der Waals surface area contributed by atoms with Gasteiger partial charge in [-0.15, -0.1) is 0 Å². The summed E-state index contributed by atoms with van der Waals surface area (Å²) in [6.45, 7) is 1.78. The van der Waals surface area contributed by atoms with Crippen LogP contribution >= 0.6 is 0 Å². The summed E-state index contributed by atoms with van der Waals surface area (Å²) >= 11 is 0. The number of benzene rings is 1. The number of aliphatic hydroxyl groups excluding tert-OH is 1. The number of rotatable bonds is 5. The molecule has 1 fully saturated rings. The minimum Gasteiger partial charge on any atom is -0.492 e. The van der Waals surface area contributed by atoms with Crippen LogP contribution in [0.1, 0.15) is 18.1 Å². The van der Waals surface area contributed by atoms with Gasteiger partial charge < -0.3 is 24.6 Å². The maximum Gasteiger partial charge on any atom is 0.337 e. The SMILES string of the molecule is COc1c(OC2CCN(C)C2)cccc1C(O)C(=O)O. The highest BCUT2D eigenvalue weighted by Crippen LogP contribution is 2.36. The second-order valence-electron chi connectivity index (χ2n) is 4.91. The number of methoxy groups -OCH3 is 1. The number of aliphatic carboxylic acids is 1. The van der Waals surface area contributed by atoms with E-state index in [1.807, 2.05) is 7.05 Å². The molecule has 1 aliphatic heterocycles. The molecule has 1 aromatic carbocycles. The first kappa shape index (κ1) is 14.6. The van der Waals surface area contributed by atoms with Gasteiger partial charge in [-0.2, -0.15) is 0 Å². The molecule has 2 N–H and O–H groups in total. The zero-order valence-electron chi connectivity index (χ0n) is 11.6. The van der Waals surface area contributed by atoms with Gasteiger partial charge in [0.25, 0.3) is 0 Å². The van der Waals surface area contributed by atoms with Crippen molar-refractivity contribution in [2.24, 2.45) is 0 Å². The summed E-state index contributed by atoms with van der Waals surface area (Å²) in [6, 6.07) is 4.89. The molecule has 1 saturated heterocycles.